The van der Waals surface area contributed by atoms with Crippen LogP contribution in [0.5, 0.6) is 0 Å². The number of aromatic nitrogens is 2. The summed E-state index contributed by atoms with van der Waals surface area (Å²) in [6.07, 6.45) is 1.63. The molecule has 3 aromatic rings. The van der Waals surface area contributed by atoms with Gasteiger partial charge in [0.05, 0.1) is 0 Å². The Bertz CT molecular complexity index is 861. The second-order valence-corrected chi connectivity index (χ2v) is 6.99. The first-order chi connectivity index (χ1) is 13.3. The van der Waals surface area contributed by atoms with E-state index in [1.165, 1.54) is 5.69 Å². The summed E-state index contributed by atoms with van der Waals surface area (Å²) in [5.41, 5.74) is 2.45. The van der Waals surface area contributed by atoms with Crippen LogP contribution in [0.4, 0.5) is 17.3 Å². The van der Waals surface area contributed by atoms with E-state index in [1.54, 1.807) is 6.33 Å². The number of rotatable bonds is 5. The molecule has 0 bridgehead atoms. The lowest BCUT2D eigenvalue weighted by Crippen LogP contribution is -2.46. The summed E-state index contributed by atoms with van der Waals surface area (Å²) in [4.78, 5) is 13.5. The summed E-state index contributed by atoms with van der Waals surface area (Å²) in [5, 5.41) is 4.11. The molecule has 0 spiro atoms. The van der Waals surface area contributed by atoms with Gasteiger partial charge in [-0.3, -0.25) is 0 Å². The van der Waals surface area contributed by atoms with Gasteiger partial charge in [-0.25, -0.2) is 9.97 Å². The number of piperazine rings is 1. The Morgan fingerprint density at radius 2 is 1.56 bits per heavy atom. The van der Waals surface area contributed by atoms with Crippen molar-refractivity contribution >= 4 is 28.9 Å². The maximum Gasteiger partial charge on any atom is 0.134 e. The van der Waals surface area contributed by atoms with Crippen LogP contribution in [0.25, 0.3) is 0 Å². The van der Waals surface area contributed by atoms with Gasteiger partial charge in [0.15, 0.2) is 0 Å². The fourth-order valence-electron chi connectivity index (χ4n) is 3.24. The van der Waals surface area contributed by atoms with Crippen molar-refractivity contribution in [1.82, 2.24) is 9.97 Å². The van der Waals surface area contributed by atoms with Crippen molar-refractivity contribution < 1.29 is 0 Å². The van der Waals surface area contributed by atoms with Crippen LogP contribution in [0.1, 0.15) is 5.56 Å². The SMILES string of the molecule is Clc1ccc(CNc2cc(N3CCN(c4ccccc4)CC3)ncn2)cc1. The monoisotopic (exact) mass is 379 g/mol. The smallest absolute Gasteiger partial charge is 0.134 e. The molecule has 1 N–H and O–H groups in total. The van der Waals surface area contributed by atoms with Crippen molar-refractivity contribution in [1.29, 1.82) is 0 Å². The van der Waals surface area contributed by atoms with Crippen LogP contribution < -0.4 is 15.1 Å². The van der Waals surface area contributed by atoms with Crippen LogP contribution in [-0.4, -0.2) is 36.1 Å². The number of para-hydroxylation sites is 1. The molecule has 2 aromatic carbocycles. The average Bonchev–Trinajstić information content (AvgIpc) is 2.74. The molecule has 1 aliphatic heterocycles. The van der Waals surface area contributed by atoms with Crippen molar-refractivity contribution in [2.75, 3.05) is 41.3 Å². The van der Waals surface area contributed by atoms with Crippen LogP contribution in [-0.2, 0) is 6.54 Å². The van der Waals surface area contributed by atoms with Gasteiger partial charge in [-0.05, 0) is 29.8 Å². The van der Waals surface area contributed by atoms with Crippen LogP contribution in [0.15, 0.2) is 67.0 Å². The van der Waals surface area contributed by atoms with E-state index in [0.717, 1.165) is 48.4 Å². The maximum absolute atomic E-state index is 5.94. The van der Waals surface area contributed by atoms with Gasteiger partial charge in [-0.2, -0.15) is 0 Å². The molecule has 138 valence electrons. The third kappa shape index (κ3) is 4.49. The molecule has 1 aliphatic rings. The number of benzene rings is 2. The zero-order chi connectivity index (χ0) is 18.5. The molecule has 0 aliphatic carbocycles. The largest absolute Gasteiger partial charge is 0.368 e. The van der Waals surface area contributed by atoms with Crippen molar-refractivity contribution in [3.63, 3.8) is 0 Å². The van der Waals surface area contributed by atoms with Gasteiger partial charge in [-0.15, -0.1) is 0 Å². The zero-order valence-electron chi connectivity index (χ0n) is 15.1. The van der Waals surface area contributed by atoms with Crippen LogP contribution in [0.2, 0.25) is 5.02 Å². The molecule has 6 heteroatoms. The molecule has 1 aromatic heterocycles. The first-order valence-corrected chi connectivity index (χ1v) is 9.51. The quantitative estimate of drug-likeness (QED) is 0.724. The van der Waals surface area contributed by atoms with Gasteiger partial charge >= 0.3 is 0 Å². The molecule has 1 saturated heterocycles. The lowest BCUT2D eigenvalue weighted by molar-refractivity contribution is 0.647. The zero-order valence-corrected chi connectivity index (χ0v) is 15.8. The molecule has 5 nitrogen and oxygen atoms in total. The van der Waals surface area contributed by atoms with E-state index in [2.05, 4.69) is 55.4 Å². The Morgan fingerprint density at radius 3 is 2.30 bits per heavy atom. The Labute approximate surface area is 164 Å². The summed E-state index contributed by atoms with van der Waals surface area (Å²) in [5.74, 6) is 1.80. The minimum Gasteiger partial charge on any atom is -0.368 e. The molecule has 0 unspecified atom stereocenters. The van der Waals surface area contributed by atoms with Crippen molar-refractivity contribution in [3.8, 4) is 0 Å². The Hall–Kier alpha value is -2.79. The van der Waals surface area contributed by atoms with Crippen LogP contribution >= 0.6 is 11.6 Å². The van der Waals surface area contributed by atoms with Gasteiger partial charge < -0.3 is 15.1 Å². The number of anilines is 3. The molecule has 0 amide bonds. The van der Waals surface area contributed by atoms with Crippen molar-refractivity contribution in [2.24, 2.45) is 0 Å². The van der Waals surface area contributed by atoms with E-state index in [1.807, 2.05) is 30.3 Å². The highest BCUT2D eigenvalue weighted by molar-refractivity contribution is 6.30. The van der Waals surface area contributed by atoms with Gasteiger partial charge in [0.25, 0.3) is 0 Å². The Morgan fingerprint density at radius 1 is 0.852 bits per heavy atom. The van der Waals surface area contributed by atoms with Crippen LogP contribution in [0, 0.1) is 0 Å². The van der Waals surface area contributed by atoms with E-state index in [9.17, 15) is 0 Å². The lowest BCUT2D eigenvalue weighted by atomic mass is 10.2. The number of hydrogen-bond acceptors (Lipinski definition) is 5. The standard InChI is InChI=1S/C21H22ClN5/c22-18-8-6-17(7-9-18)15-23-20-14-21(25-16-24-20)27-12-10-26(11-13-27)19-4-2-1-3-5-19/h1-9,14,16H,10-13,15H2,(H,23,24,25). The van der Waals surface area contributed by atoms with E-state index in [0.29, 0.717) is 6.54 Å². The summed E-state index contributed by atoms with van der Waals surface area (Å²) in [6.45, 7) is 4.57. The van der Waals surface area contributed by atoms with Crippen molar-refractivity contribution in [3.05, 3.63) is 77.6 Å². The summed E-state index contributed by atoms with van der Waals surface area (Å²) in [6, 6.07) is 20.4. The fourth-order valence-corrected chi connectivity index (χ4v) is 3.37. The molecular weight excluding hydrogens is 358 g/mol. The van der Waals surface area contributed by atoms with E-state index >= 15 is 0 Å². The molecule has 2 heterocycles. The van der Waals surface area contributed by atoms with Gasteiger partial charge in [0.2, 0.25) is 0 Å². The Balaban J connectivity index is 1.36. The minimum atomic E-state index is 0.704. The summed E-state index contributed by atoms with van der Waals surface area (Å²) in [7, 11) is 0. The summed E-state index contributed by atoms with van der Waals surface area (Å²) >= 11 is 5.94. The molecule has 0 radical (unpaired) electrons. The second-order valence-electron chi connectivity index (χ2n) is 6.55. The molecule has 0 saturated carbocycles. The number of nitrogens with zero attached hydrogens (tertiary/aromatic N) is 4. The van der Waals surface area contributed by atoms with E-state index in [-0.39, 0.29) is 0 Å². The van der Waals surface area contributed by atoms with Crippen molar-refractivity contribution in [2.45, 2.75) is 6.54 Å². The number of halogens is 1. The number of nitrogens with one attached hydrogen (secondary N) is 1. The molecule has 4 rings (SSSR count). The van der Waals surface area contributed by atoms with Gasteiger partial charge in [-0.1, -0.05) is 41.9 Å². The molecule has 27 heavy (non-hydrogen) atoms. The Kier molecular flexibility index (Phi) is 5.39. The van der Waals surface area contributed by atoms with Gasteiger partial charge in [0.1, 0.15) is 18.0 Å². The normalized spacial score (nSPS) is 14.3. The lowest BCUT2D eigenvalue weighted by Gasteiger charge is -2.36. The minimum absolute atomic E-state index is 0.704. The third-order valence-electron chi connectivity index (χ3n) is 4.76. The first kappa shape index (κ1) is 17.6. The fraction of sp³-hybridized carbons (Fsp3) is 0.238. The van der Waals surface area contributed by atoms with E-state index in [4.69, 9.17) is 11.6 Å². The molecular formula is C21H22ClN5. The molecule has 0 atom stereocenters. The summed E-state index contributed by atoms with van der Waals surface area (Å²) < 4.78 is 0. The maximum atomic E-state index is 5.94. The van der Waals surface area contributed by atoms with Gasteiger partial charge in [0, 0.05) is 49.5 Å². The highest BCUT2D eigenvalue weighted by Crippen LogP contribution is 2.20. The average molecular weight is 380 g/mol. The predicted octanol–water partition coefficient (Wildman–Crippen LogP) is 4.07. The molecule has 1 fully saturated rings. The predicted molar refractivity (Wildman–Crippen MR) is 112 cm³/mol. The van der Waals surface area contributed by atoms with Crippen LogP contribution in [0.3, 0.4) is 0 Å². The second kappa shape index (κ2) is 8.27. The first-order valence-electron chi connectivity index (χ1n) is 9.13. The topological polar surface area (TPSA) is 44.3 Å². The third-order valence-corrected chi connectivity index (χ3v) is 5.02. The van der Waals surface area contributed by atoms with E-state index < -0.39 is 0 Å². The number of hydrogen-bond donors (Lipinski definition) is 1. The highest BCUT2D eigenvalue weighted by Gasteiger charge is 2.18. The highest BCUT2D eigenvalue weighted by atomic mass is 35.5.